The van der Waals surface area contributed by atoms with E-state index < -0.39 is 0 Å². The number of likely N-dealkylation sites (tertiary alicyclic amines) is 1. The highest BCUT2D eigenvalue weighted by Gasteiger charge is 2.26. The molecule has 1 aliphatic rings. The number of nitrogens with one attached hydrogen (secondary N) is 1. The number of thiazole rings is 1. The van der Waals surface area contributed by atoms with Crippen LogP contribution in [0, 0.1) is 0 Å². The highest BCUT2D eigenvalue weighted by Crippen LogP contribution is 2.21. The van der Waals surface area contributed by atoms with Gasteiger partial charge < -0.3 is 14.7 Å². The molecular weight excluding hydrogens is 350 g/mol. The highest BCUT2D eigenvalue weighted by molar-refractivity contribution is 7.15. The SMILES string of the molecule is CC(C)c1cc(CNCc2c(C(=O)N3CCCC3)nc3sccn23)on1. The lowest BCUT2D eigenvalue weighted by Gasteiger charge is -2.14. The predicted octanol–water partition coefficient (Wildman–Crippen LogP) is 3.03. The summed E-state index contributed by atoms with van der Waals surface area (Å²) in [6.07, 6.45) is 4.12. The number of nitrogens with zero attached hydrogens (tertiary/aromatic N) is 4. The standard InChI is InChI=1S/C18H23N5O2S/c1-12(2)14-9-13(25-21-14)10-19-11-15-16(17(24)22-5-3-4-6-22)20-18-23(15)7-8-26-18/h7-9,12,19H,3-6,10-11H2,1-2H3. The molecule has 4 heterocycles. The van der Waals surface area contributed by atoms with Gasteiger partial charge in [0, 0.05) is 37.3 Å². The fraction of sp³-hybridized carbons (Fsp3) is 0.500. The van der Waals surface area contributed by atoms with E-state index in [1.165, 1.54) is 0 Å². The molecule has 1 fully saturated rings. The Morgan fingerprint density at radius 2 is 2.15 bits per heavy atom. The molecule has 0 aliphatic carbocycles. The van der Waals surface area contributed by atoms with Crippen molar-refractivity contribution in [1.29, 1.82) is 0 Å². The maximum atomic E-state index is 12.8. The van der Waals surface area contributed by atoms with Gasteiger partial charge in [-0.05, 0) is 18.8 Å². The molecule has 3 aromatic heterocycles. The van der Waals surface area contributed by atoms with Gasteiger partial charge in [-0.25, -0.2) is 4.98 Å². The zero-order valence-corrected chi connectivity index (χ0v) is 15.9. The molecule has 0 radical (unpaired) electrons. The van der Waals surface area contributed by atoms with Gasteiger partial charge in [0.05, 0.1) is 17.9 Å². The third kappa shape index (κ3) is 3.26. The van der Waals surface area contributed by atoms with Crippen molar-refractivity contribution < 1.29 is 9.32 Å². The first-order valence-electron chi connectivity index (χ1n) is 9.03. The molecule has 8 heteroatoms. The monoisotopic (exact) mass is 373 g/mol. The fourth-order valence-electron chi connectivity index (χ4n) is 3.23. The van der Waals surface area contributed by atoms with Crippen molar-refractivity contribution >= 4 is 22.2 Å². The Morgan fingerprint density at radius 1 is 1.35 bits per heavy atom. The molecular formula is C18H23N5O2S. The molecule has 1 saturated heterocycles. The van der Waals surface area contributed by atoms with Crippen LogP contribution in [-0.4, -0.2) is 38.4 Å². The van der Waals surface area contributed by atoms with E-state index in [-0.39, 0.29) is 5.91 Å². The summed E-state index contributed by atoms with van der Waals surface area (Å²) < 4.78 is 7.37. The normalized spacial score (nSPS) is 14.8. The van der Waals surface area contributed by atoms with Crippen molar-refractivity contribution in [2.24, 2.45) is 0 Å². The van der Waals surface area contributed by atoms with Gasteiger partial charge in [0.15, 0.2) is 16.4 Å². The second kappa shape index (κ2) is 7.20. The van der Waals surface area contributed by atoms with E-state index >= 15 is 0 Å². The highest BCUT2D eigenvalue weighted by atomic mass is 32.1. The van der Waals surface area contributed by atoms with Crippen LogP contribution in [0.5, 0.6) is 0 Å². The average Bonchev–Trinajstić information content (AvgIpc) is 3.39. The maximum Gasteiger partial charge on any atom is 0.274 e. The average molecular weight is 373 g/mol. The Kier molecular flexibility index (Phi) is 4.78. The number of fused-ring (bicyclic) bond motifs is 1. The van der Waals surface area contributed by atoms with E-state index in [2.05, 4.69) is 29.3 Å². The summed E-state index contributed by atoms with van der Waals surface area (Å²) in [5.41, 5.74) is 2.42. The molecule has 0 aromatic carbocycles. The Hall–Kier alpha value is -2.19. The molecule has 1 amide bonds. The third-order valence-corrected chi connectivity index (χ3v) is 5.47. The molecule has 0 bridgehead atoms. The van der Waals surface area contributed by atoms with E-state index in [0.717, 1.165) is 48.0 Å². The van der Waals surface area contributed by atoms with Crippen LogP contribution in [0.1, 0.15) is 60.2 Å². The van der Waals surface area contributed by atoms with Crippen molar-refractivity contribution in [3.05, 3.63) is 40.5 Å². The quantitative estimate of drug-likeness (QED) is 0.719. The zero-order chi connectivity index (χ0) is 18.1. The molecule has 3 aromatic rings. The number of carbonyl (C=O) groups is 1. The molecule has 138 valence electrons. The maximum absolute atomic E-state index is 12.8. The van der Waals surface area contributed by atoms with Crippen molar-refractivity contribution in [3.63, 3.8) is 0 Å². The van der Waals surface area contributed by atoms with Crippen LogP contribution in [0.4, 0.5) is 0 Å². The van der Waals surface area contributed by atoms with Gasteiger partial charge in [0.25, 0.3) is 5.91 Å². The van der Waals surface area contributed by atoms with E-state index in [0.29, 0.717) is 24.7 Å². The van der Waals surface area contributed by atoms with Crippen LogP contribution < -0.4 is 5.32 Å². The van der Waals surface area contributed by atoms with Crippen molar-refractivity contribution in [3.8, 4) is 0 Å². The van der Waals surface area contributed by atoms with Gasteiger partial charge in [-0.2, -0.15) is 0 Å². The summed E-state index contributed by atoms with van der Waals surface area (Å²) in [5.74, 6) is 1.18. The Labute approximate surface area is 156 Å². The fourth-order valence-corrected chi connectivity index (χ4v) is 3.96. The second-order valence-electron chi connectivity index (χ2n) is 6.94. The van der Waals surface area contributed by atoms with Gasteiger partial charge in [0.2, 0.25) is 0 Å². The minimum atomic E-state index is 0.0389. The van der Waals surface area contributed by atoms with Crippen molar-refractivity contribution in [1.82, 2.24) is 24.8 Å². The summed E-state index contributed by atoms with van der Waals surface area (Å²) in [7, 11) is 0. The number of carbonyl (C=O) groups excluding carboxylic acids is 1. The number of hydrogen-bond donors (Lipinski definition) is 1. The summed E-state index contributed by atoms with van der Waals surface area (Å²) in [4.78, 5) is 20.2. The molecule has 0 spiro atoms. The summed E-state index contributed by atoms with van der Waals surface area (Å²) in [6, 6.07) is 1.98. The van der Waals surface area contributed by atoms with Crippen LogP contribution >= 0.6 is 11.3 Å². The van der Waals surface area contributed by atoms with Crippen molar-refractivity contribution in [2.45, 2.75) is 45.7 Å². The molecule has 0 atom stereocenters. The molecule has 26 heavy (non-hydrogen) atoms. The van der Waals surface area contributed by atoms with E-state index in [1.54, 1.807) is 11.3 Å². The number of amides is 1. The summed E-state index contributed by atoms with van der Waals surface area (Å²) in [6.45, 7) is 6.94. The van der Waals surface area contributed by atoms with Crippen LogP contribution in [0.3, 0.4) is 0 Å². The van der Waals surface area contributed by atoms with Crippen LogP contribution in [-0.2, 0) is 13.1 Å². The van der Waals surface area contributed by atoms with Gasteiger partial charge >= 0.3 is 0 Å². The van der Waals surface area contributed by atoms with Crippen LogP contribution in [0.2, 0.25) is 0 Å². The minimum absolute atomic E-state index is 0.0389. The minimum Gasteiger partial charge on any atom is -0.360 e. The summed E-state index contributed by atoms with van der Waals surface area (Å²) in [5, 5.41) is 9.43. The number of hydrogen-bond acceptors (Lipinski definition) is 6. The Bertz CT molecular complexity index is 904. The molecule has 4 rings (SSSR count). The molecule has 0 unspecified atom stereocenters. The lowest BCUT2D eigenvalue weighted by atomic mass is 10.1. The van der Waals surface area contributed by atoms with E-state index in [1.807, 2.05) is 26.9 Å². The summed E-state index contributed by atoms with van der Waals surface area (Å²) >= 11 is 1.54. The molecule has 0 saturated carbocycles. The first kappa shape index (κ1) is 17.2. The molecule has 1 N–H and O–H groups in total. The molecule has 7 nitrogen and oxygen atoms in total. The topological polar surface area (TPSA) is 75.7 Å². The third-order valence-electron chi connectivity index (χ3n) is 4.72. The predicted molar refractivity (Wildman–Crippen MR) is 99.3 cm³/mol. The van der Waals surface area contributed by atoms with Crippen LogP contribution in [0.25, 0.3) is 4.96 Å². The largest absolute Gasteiger partial charge is 0.360 e. The van der Waals surface area contributed by atoms with E-state index in [4.69, 9.17) is 4.52 Å². The number of imidazole rings is 1. The second-order valence-corrected chi connectivity index (χ2v) is 7.81. The first-order valence-corrected chi connectivity index (χ1v) is 9.91. The van der Waals surface area contributed by atoms with Crippen LogP contribution in [0.15, 0.2) is 22.2 Å². The van der Waals surface area contributed by atoms with Crippen molar-refractivity contribution in [2.75, 3.05) is 13.1 Å². The lowest BCUT2D eigenvalue weighted by molar-refractivity contribution is 0.0786. The zero-order valence-electron chi connectivity index (χ0n) is 15.1. The van der Waals surface area contributed by atoms with Gasteiger partial charge in [-0.15, -0.1) is 11.3 Å². The lowest BCUT2D eigenvalue weighted by Crippen LogP contribution is -2.29. The number of aromatic nitrogens is 3. The molecule has 1 aliphatic heterocycles. The Balaban J connectivity index is 1.50. The Morgan fingerprint density at radius 3 is 2.88 bits per heavy atom. The number of rotatable bonds is 6. The van der Waals surface area contributed by atoms with Gasteiger partial charge in [-0.1, -0.05) is 19.0 Å². The first-order chi connectivity index (χ1) is 12.6. The van der Waals surface area contributed by atoms with E-state index in [9.17, 15) is 4.79 Å². The van der Waals surface area contributed by atoms with Gasteiger partial charge in [-0.3, -0.25) is 9.20 Å². The smallest absolute Gasteiger partial charge is 0.274 e. The van der Waals surface area contributed by atoms with Gasteiger partial charge in [0.1, 0.15) is 0 Å².